The number of hydrogen-bond donors (Lipinski definition) is 2. The highest BCUT2D eigenvalue weighted by molar-refractivity contribution is 5.92. The van der Waals surface area contributed by atoms with E-state index in [-0.39, 0.29) is 11.1 Å². The van der Waals surface area contributed by atoms with Crippen molar-refractivity contribution in [3.8, 4) is 5.69 Å². The van der Waals surface area contributed by atoms with Gasteiger partial charge in [-0.05, 0) is 24.6 Å². The summed E-state index contributed by atoms with van der Waals surface area (Å²) in [7, 11) is 0. The minimum Gasteiger partial charge on any atom is -0.346 e. The summed E-state index contributed by atoms with van der Waals surface area (Å²) in [6.45, 7) is 5.72. The third-order valence-corrected chi connectivity index (χ3v) is 5.56. The summed E-state index contributed by atoms with van der Waals surface area (Å²) in [6.07, 6.45) is 2.64. The quantitative estimate of drug-likeness (QED) is 0.658. The van der Waals surface area contributed by atoms with Crippen molar-refractivity contribution in [1.82, 2.24) is 15.1 Å². The molecule has 0 aliphatic carbocycles. The summed E-state index contributed by atoms with van der Waals surface area (Å²) >= 11 is 0. The van der Waals surface area contributed by atoms with Gasteiger partial charge in [-0.25, -0.2) is 4.68 Å². The van der Waals surface area contributed by atoms with E-state index in [0.29, 0.717) is 12.2 Å². The van der Waals surface area contributed by atoms with E-state index < -0.39 is 5.91 Å². The van der Waals surface area contributed by atoms with E-state index in [0.717, 1.165) is 17.8 Å². The van der Waals surface area contributed by atoms with Gasteiger partial charge < -0.3 is 10.2 Å². The lowest BCUT2D eigenvalue weighted by Crippen LogP contribution is -3.08. The van der Waals surface area contributed by atoms with Gasteiger partial charge in [0.15, 0.2) is 5.69 Å². The number of carbonyl (C=O) groups is 1. The van der Waals surface area contributed by atoms with Gasteiger partial charge in [-0.2, -0.15) is 5.10 Å². The first-order valence-electron chi connectivity index (χ1n) is 10.5. The summed E-state index contributed by atoms with van der Waals surface area (Å²) in [6, 6.07) is 19.2. The molecule has 1 amide bonds. The lowest BCUT2D eigenvalue weighted by atomic mass is 10.1. The number of likely N-dealkylation sites (tertiary alicyclic amines) is 1. The molecule has 2 aromatic carbocycles. The highest BCUT2D eigenvalue weighted by Gasteiger charge is 2.16. The van der Waals surface area contributed by atoms with Crippen LogP contribution in [0.3, 0.4) is 0 Å². The largest absolute Gasteiger partial charge is 0.346 e. The summed E-state index contributed by atoms with van der Waals surface area (Å²) in [5.41, 5.74) is 3.32. The number of aryl methyl sites for hydroxylation is 1. The van der Waals surface area contributed by atoms with Gasteiger partial charge in [0.2, 0.25) is 5.43 Å². The molecule has 0 unspecified atom stereocenters. The van der Waals surface area contributed by atoms with Crippen LogP contribution in [0.2, 0.25) is 0 Å². The molecular weight excluding hydrogens is 376 g/mol. The van der Waals surface area contributed by atoms with Gasteiger partial charge >= 0.3 is 0 Å². The molecule has 1 saturated heterocycles. The lowest BCUT2D eigenvalue weighted by Gasteiger charge is -2.13. The highest BCUT2D eigenvalue weighted by atomic mass is 16.2. The van der Waals surface area contributed by atoms with Crippen molar-refractivity contribution in [1.29, 1.82) is 0 Å². The van der Waals surface area contributed by atoms with Crippen LogP contribution < -0.4 is 15.6 Å². The van der Waals surface area contributed by atoms with E-state index in [1.807, 2.05) is 42.5 Å². The molecule has 30 heavy (non-hydrogen) atoms. The summed E-state index contributed by atoms with van der Waals surface area (Å²) in [5, 5.41) is 7.14. The van der Waals surface area contributed by atoms with Gasteiger partial charge in [0.05, 0.1) is 18.8 Å². The van der Waals surface area contributed by atoms with Gasteiger partial charge in [0.1, 0.15) is 6.54 Å². The highest BCUT2D eigenvalue weighted by Crippen LogP contribution is 2.08. The van der Waals surface area contributed by atoms with E-state index >= 15 is 0 Å². The maximum Gasteiger partial charge on any atom is 0.276 e. The summed E-state index contributed by atoms with van der Waals surface area (Å²) in [5.74, 6) is -0.463. The lowest BCUT2D eigenvalue weighted by molar-refractivity contribution is -0.901. The normalized spacial score (nSPS) is 14.0. The zero-order chi connectivity index (χ0) is 20.9. The maximum absolute atomic E-state index is 12.6. The van der Waals surface area contributed by atoms with E-state index in [1.54, 1.807) is 16.5 Å². The molecule has 0 radical (unpaired) electrons. The van der Waals surface area contributed by atoms with Gasteiger partial charge in [0, 0.05) is 36.7 Å². The number of quaternary nitrogens is 1. The fourth-order valence-electron chi connectivity index (χ4n) is 3.92. The fourth-order valence-corrected chi connectivity index (χ4v) is 3.92. The topological polar surface area (TPSA) is 68.4 Å². The Kier molecular flexibility index (Phi) is 6.05. The molecule has 2 N–H and O–H groups in total. The van der Waals surface area contributed by atoms with Gasteiger partial charge in [0.25, 0.3) is 5.91 Å². The molecule has 1 aromatic heterocycles. The van der Waals surface area contributed by atoms with Crippen molar-refractivity contribution >= 4 is 5.91 Å². The van der Waals surface area contributed by atoms with Gasteiger partial charge in [-0.15, -0.1) is 0 Å². The predicted octanol–water partition coefficient (Wildman–Crippen LogP) is 1.65. The second-order valence-electron chi connectivity index (χ2n) is 7.88. The van der Waals surface area contributed by atoms with Gasteiger partial charge in [-0.1, -0.05) is 42.5 Å². The van der Waals surface area contributed by atoms with Gasteiger partial charge in [-0.3, -0.25) is 9.59 Å². The Morgan fingerprint density at radius 2 is 1.70 bits per heavy atom. The molecule has 1 fully saturated rings. The van der Waals surface area contributed by atoms with E-state index in [2.05, 4.69) is 22.5 Å². The number of aromatic nitrogens is 2. The first-order chi connectivity index (χ1) is 14.6. The molecule has 0 atom stereocenters. The standard InChI is InChI=1S/C24H26N4O2/c1-18-15-22(29)23(26-28(18)21-7-3-2-4-8-21)24(30)25-16-19-9-11-20(12-10-19)17-27-13-5-6-14-27/h2-4,7-12,15H,5-6,13-14,16-17H2,1H3,(H,25,30)/p+1. The van der Waals surface area contributed by atoms with E-state index in [9.17, 15) is 9.59 Å². The van der Waals surface area contributed by atoms with Crippen LogP contribution in [0, 0.1) is 6.92 Å². The number of benzene rings is 2. The smallest absolute Gasteiger partial charge is 0.276 e. The maximum atomic E-state index is 12.6. The van der Waals surface area contributed by atoms with Crippen molar-refractivity contribution in [3.05, 3.63) is 93.4 Å². The average molecular weight is 404 g/mol. The second kappa shape index (κ2) is 9.05. The number of carbonyl (C=O) groups excluding carboxylic acids is 1. The van der Waals surface area contributed by atoms with Crippen molar-refractivity contribution in [2.75, 3.05) is 13.1 Å². The van der Waals surface area contributed by atoms with Crippen LogP contribution in [0.4, 0.5) is 0 Å². The Labute approximate surface area is 176 Å². The molecular formula is C24H27N4O2+. The average Bonchev–Trinajstić information content (AvgIpc) is 3.27. The van der Waals surface area contributed by atoms with Crippen LogP contribution in [0.25, 0.3) is 5.69 Å². The van der Waals surface area contributed by atoms with Crippen molar-refractivity contribution in [2.45, 2.75) is 32.9 Å². The molecule has 0 bridgehead atoms. The SMILES string of the molecule is Cc1cc(=O)c(C(=O)NCc2ccc(C[NH+]3CCCC3)cc2)nn1-c1ccccc1. The molecule has 0 saturated carbocycles. The molecule has 6 heteroatoms. The van der Waals surface area contributed by atoms with Crippen LogP contribution in [0.15, 0.2) is 65.5 Å². The number of nitrogens with one attached hydrogen (secondary N) is 2. The zero-order valence-electron chi connectivity index (χ0n) is 17.2. The predicted molar refractivity (Wildman–Crippen MR) is 116 cm³/mol. The number of para-hydroxylation sites is 1. The monoisotopic (exact) mass is 403 g/mol. The second-order valence-corrected chi connectivity index (χ2v) is 7.88. The molecule has 3 aromatic rings. The molecule has 4 rings (SSSR count). The number of nitrogens with zero attached hydrogens (tertiary/aromatic N) is 2. The fraction of sp³-hybridized carbons (Fsp3) is 0.292. The molecule has 154 valence electrons. The first-order valence-corrected chi connectivity index (χ1v) is 10.5. The Hall–Kier alpha value is -3.25. The number of rotatable bonds is 6. The summed E-state index contributed by atoms with van der Waals surface area (Å²) < 4.78 is 1.62. The minimum atomic E-state index is -0.463. The Balaban J connectivity index is 1.43. The minimum absolute atomic E-state index is 0.0984. The Morgan fingerprint density at radius 3 is 2.40 bits per heavy atom. The zero-order valence-corrected chi connectivity index (χ0v) is 17.2. The first kappa shape index (κ1) is 20.0. The van der Waals surface area contributed by atoms with Crippen LogP contribution in [-0.2, 0) is 13.1 Å². The van der Waals surface area contributed by atoms with Crippen molar-refractivity contribution in [2.24, 2.45) is 0 Å². The molecule has 2 heterocycles. The van der Waals surface area contributed by atoms with E-state index in [1.165, 1.54) is 37.6 Å². The summed E-state index contributed by atoms with van der Waals surface area (Å²) in [4.78, 5) is 26.6. The van der Waals surface area contributed by atoms with Crippen LogP contribution in [-0.4, -0.2) is 28.8 Å². The molecule has 0 spiro atoms. The number of hydrogen-bond acceptors (Lipinski definition) is 3. The van der Waals surface area contributed by atoms with E-state index in [4.69, 9.17) is 0 Å². The molecule has 6 nitrogen and oxygen atoms in total. The van der Waals surface area contributed by atoms with Crippen molar-refractivity contribution in [3.63, 3.8) is 0 Å². The Morgan fingerprint density at radius 1 is 1.03 bits per heavy atom. The molecule has 1 aliphatic heterocycles. The Bertz CT molecular complexity index is 1070. The van der Waals surface area contributed by atoms with Crippen LogP contribution >= 0.6 is 0 Å². The van der Waals surface area contributed by atoms with Crippen LogP contribution in [0.1, 0.15) is 40.2 Å². The van der Waals surface area contributed by atoms with Crippen molar-refractivity contribution < 1.29 is 9.69 Å². The van der Waals surface area contributed by atoms with Crippen LogP contribution in [0.5, 0.6) is 0 Å². The third-order valence-electron chi connectivity index (χ3n) is 5.56. The number of amides is 1. The molecule has 1 aliphatic rings. The third kappa shape index (κ3) is 4.66.